The number of anilines is 2. The van der Waals surface area contributed by atoms with Gasteiger partial charge in [0.1, 0.15) is 0 Å². The Morgan fingerprint density at radius 2 is 0.474 bits per heavy atom. The van der Waals surface area contributed by atoms with Gasteiger partial charge in [0.05, 0.1) is 137 Å². The first-order valence-corrected chi connectivity index (χ1v) is 46.9. The van der Waals surface area contributed by atoms with Gasteiger partial charge in [-0.1, -0.05) is 188 Å². The number of ether oxygens (including phenoxy) is 4. The molecule has 0 radical (unpaired) electrons. The fraction of sp³-hybridized carbons (Fsp3) is 0.551. The molecule has 135 heavy (non-hydrogen) atoms. The van der Waals surface area contributed by atoms with Crippen molar-refractivity contribution >= 4 is 82.0 Å². The maximum absolute atomic E-state index is 13.8. The number of carbonyl (C=O) groups excluding carboxylic acids is 12. The van der Waals surface area contributed by atoms with Crippen molar-refractivity contribution in [1.29, 1.82) is 0 Å². The number of alkyl halides is 6. The molecule has 6 aromatic carbocycles. The van der Waals surface area contributed by atoms with Crippen molar-refractivity contribution in [3.05, 3.63) is 201 Å². The summed E-state index contributed by atoms with van der Waals surface area (Å²) in [5, 5.41) is 0. The number of methoxy groups -OCH3 is 4. The molecule has 28 heteroatoms. The van der Waals surface area contributed by atoms with Gasteiger partial charge in [-0.25, -0.2) is 0 Å². The van der Waals surface area contributed by atoms with E-state index in [-0.39, 0.29) is 130 Å². The Bertz CT molecular complexity index is 4590. The quantitative estimate of drug-likeness (QED) is 0.0230. The molecule has 0 aromatic heterocycles. The summed E-state index contributed by atoms with van der Waals surface area (Å²) in [6, 6.07) is 38.0. The minimum atomic E-state index is -4.50. The molecule has 12 atom stereocenters. The Hall–Kier alpha value is -11.1. The van der Waals surface area contributed by atoms with Crippen molar-refractivity contribution < 1.29 is 103 Å². The first-order valence-electron chi connectivity index (χ1n) is 46.9. The first-order chi connectivity index (χ1) is 63.0. The molecule has 4 amide bonds. The van der Waals surface area contributed by atoms with Crippen LogP contribution in [0.25, 0.3) is 0 Å². The predicted octanol–water partition coefficient (Wildman–Crippen LogP) is 19.5. The van der Waals surface area contributed by atoms with Crippen LogP contribution in [0.4, 0.5) is 37.7 Å². The second-order valence-corrected chi connectivity index (χ2v) is 41.2. The van der Waals surface area contributed by atoms with E-state index >= 15 is 0 Å². The van der Waals surface area contributed by atoms with E-state index < -0.39 is 117 Å². The number of esters is 4. The number of rotatable bonds is 30. The zero-order valence-electron chi connectivity index (χ0n) is 80.2. The molecule has 6 aliphatic heterocycles. The summed E-state index contributed by atoms with van der Waals surface area (Å²) in [7, 11) is 5.17. The molecule has 22 nitrogen and oxygen atoms in total. The summed E-state index contributed by atoms with van der Waals surface area (Å²) in [6.45, 7) is 24.5. The van der Waals surface area contributed by atoms with E-state index in [9.17, 15) is 83.9 Å². The van der Waals surface area contributed by atoms with Gasteiger partial charge in [0, 0.05) is 63.2 Å². The number of hydrogen-bond acceptors (Lipinski definition) is 18. The van der Waals surface area contributed by atoms with Crippen molar-refractivity contribution in [2.24, 2.45) is 45.3 Å². The summed E-state index contributed by atoms with van der Waals surface area (Å²) < 4.78 is 102. The smallest absolute Gasteiger partial charge is 0.416 e. The summed E-state index contributed by atoms with van der Waals surface area (Å²) >= 11 is 0. The zero-order chi connectivity index (χ0) is 98.0. The molecule has 732 valence electrons. The molecule has 6 aromatic rings. The maximum atomic E-state index is 13.8. The Morgan fingerprint density at radius 1 is 0.289 bits per heavy atom. The molecule has 12 rings (SSSR count). The van der Waals surface area contributed by atoms with Gasteiger partial charge in [-0.15, -0.1) is 0 Å². The number of halogens is 6. The Labute approximate surface area is 791 Å². The highest BCUT2D eigenvalue weighted by Crippen LogP contribution is 2.51. The van der Waals surface area contributed by atoms with Crippen LogP contribution in [0, 0.1) is 45.3 Å². The lowest BCUT2D eigenvalue weighted by Crippen LogP contribution is -2.47. The average Bonchev–Trinajstić information content (AvgIpc) is 1.64. The van der Waals surface area contributed by atoms with E-state index in [2.05, 4.69) is 9.80 Å². The molecule has 6 saturated heterocycles. The lowest BCUT2D eigenvalue weighted by Gasteiger charge is -2.34. The van der Waals surface area contributed by atoms with Crippen LogP contribution in [0.5, 0.6) is 0 Å². The van der Waals surface area contributed by atoms with Gasteiger partial charge in [-0.2, -0.15) is 26.3 Å². The Kier molecular flexibility index (Phi) is 34.9. The van der Waals surface area contributed by atoms with Crippen molar-refractivity contribution in [3.63, 3.8) is 0 Å². The highest BCUT2D eigenvalue weighted by molar-refractivity contribution is 5.96. The van der Waals surface area contributed by atoms with E-state index in [1.165, 1.54) is 52.7 Å². The van der Waals surface area contributed by atoms with E-state index in [1.807, 2.05) is 180 Å². The summed E-state index contributed by atoms with van der Waals surface area (Å²) in [5.41, 5.74) is 4.50. The molecule has 6 aliphatic rings. The third kappa shape index (κ3) is 26.0. The number of likely N-dealkylation sites (tertiary alicyclic amines) is 4. The van der Waals surface area contributed by atoms with Gasteiger partial charge in [-0.3, -0.25) is 57.5 Å². The number of nitrogens with zero attached hydrogens (tertiary/aromatic N) is 6. The fourth-order valence-electron chi connectivity index (χ4n) is 20.3. The van der Waals surface area contributed by atoms with Crippen molar-refractivity contribution in [3.8, 4) is 0 Å². The van der Waals surface area contributed by atoms with Gasteiger partial charge >= 0.3 is 36.2 Å². The van der Waals surface area contributed by atoms with Gasteiger partial charge in [-0.05, 0) is 192 Å². The SMILES string of the molecule is C.COC(=O)C[C@H](C(=O)N1CCC[C@H]1C(=O)Cc1ccc([C@@H]2CC[C@@H](c3ccc(CC(=O)[C@@H]4CCCN4C(=O)[C@@H](CC(=O)OC)C(C)(C)C)cc3)N2c2ccc(C(F)(F)F)cc2)cc1)C(C)(C)C.COC(=O)C[C@H](C(=O)N1CCC[C@H]1C(=O)Cc1ccc([C@H]2CC[C@H](c3ccc(CC(=O)[C@@H]4CCCN4C(=O)[C@@H](CC(=O)OC)C(C)(C)C)cc3)N2c2ccc(C(F)(F)F)cc2)cc1)C(C)(C)C. The van der Waals surface area contributed by atoms with E-state index in [4.69, 9.17) is 18.9 Å². The molecule has 6 fully saturated rings. The third-order valence-corrected chi connectivity index (χ3v) is 28.1. The van der Waals surface area contributed by atoms with Crippen LogP contribution in [-0.4, -0.2) is 169 Å². The summed E-state index contributed by atoms with van der Waals surface area (Å²) in [5.74, 6) is -5.69. The molecule has 0 spiro atoms. The van der Waals surface area contributed by atoms with Crippen LogP contribution >= 0.6 is 0 Å². The third-order valence-electron chi connectivity index (χ3n) is 28.1. The Morgan fingerprint density at radius 3 is 0.637 bits per heavy atom. The zero-order valence-corrected chi connectivity index (χ0v) is 80.2. The topological polar surface area (TPSA) is 261 Å². The Balaban J connectivity index is 0.000000277. The predicted molar refractivity (Wildman–Crippen MR) is 502 cm³/mol. The van der Waals surface area contributed by atoms with Crippen LogP contribution < -0.4 is 9.80 Å². The van der Waals surface area contributed by atoms with E-state index in [1.54, 1.807) is 19.6 Å². The number of ketones is 4. The van der Waals surface area contributed by atoms with Crippen LogP contribution in [0.3, 0.4) is 0 Å². The molecular formula is C107H136F6N6O16. The lowest BCUT2D eigenvalue weighted by atomic mass is 9.77. The van der Waals surface area contributed by atoms with E-state index in [0.29, 0.717) is 115 Å². The number of amides is 4. The second-order valence-electron chi connectivity index (χ2n) is 41.2. The second kappa shape index (κ2) is 44.4. The number of benzene rings is 6. The van der Waals surface area contributed by atoms with Crippen molar-refractivity contribution in [2.75, 3.05) is 64.4 Å². The highest BCUT2D eigenvalue weighted by atomic mass is 19.4. The first kappa shape index (κ1) is 106. The number of carbonyl (C=O) groups is 12. The van der Waals surface area contributed by atoms with Crippen LogP contribution in [0.15, 0.2) is 146 Å². The van der Waals surface area contributed by atoms with Crippen molar-refractivity contribution in [1.82, 2.24) is 19.6 Å². The van der Waals surface area contributed by atoms with Crippen LogP contribution in [-0.2, 0) is 115 Å². The van der Waals surface area contributed by atoms with Gasteiger partial charge in [0.15, 0.2) is 23.1 Å². The monoisotopic (exact) mass is 1870 g/mol. The number of Topliss-reactive ketones (excluding diaryl/α,β-unsaturated/α-hetero) is 4. The molecule has 6 heterocycles. The maximum Gasteiger partial charge on any atom is 0.416 e. The van der Waals surface area contributed by atoms with Gasteiger partial charge < -0.3 is 48.3 Å². The molecule has 0 N–H and O–H groups in total. The standard InChI is InChI=1S/2C53H66F3N3O8.CH4/c2*1-51(2,3)39(31-47(62)66-7)49(64)57-27-9-11-43(57)45(60)29-33-13-17-35(18-14-33)41-25-26-42(59(41)38-23-21-37(22-24-38)53(54,55)56)36-19-15-34(16-20-36)30-46(61)44-12-10-28-58(44)50(65)40(52(4,5)6)32-48(63)67-8;/h2*13-24,39-44H,9-12,25-32H2,1-8H3;1H4/t39-,40-,41+,42+,43+,44+;39-,40-,41-,42-,43+,44+;/m11./s1. The summed E-state index contributed by atoms with van der Waals surface area (Å²) in [6.07, 6.45) is -1.17. The van der Waals surface area contributed by atoms with Crippen LogP contribution in [0.1, 0.15) is 273 Å². The lowest BCUT2D eigenvalue weighted by molar-refractivity contribution is -0.151. The van der Waals surface area contributed by atoms with E-state index in [0.717, 1.165) is 68.8 Å². The highest BCUT2D eigenvalue weighted by Gasteiger charge is 2.49. The van der Waals surface area contributed by atoms with Crippen LogP contribution in [0.2, 0.25) is 0 Å². The molecular weight excluding hydrogens is 1740 g/mol. The molecule has 0 bridgehead atoms. The van der Waals surface area contributed by atoms with Gasteiger partial charge in [0.2, 0.25) is 23.6 Å². The average molecular weight is 1880 g/mol. The summed E-state index contributed by atoms with van der Waals surface area (Å²) in [4.78, 5) is 170. The minimum absolute atomic E-state index is 0. The largest absolute Gasteiger partial charge is 0.469 e. The van der Waals surface area contributed by atoms with Crippen molar-refractivity contribution in [2.45, 2.75) is 280 Å². The number of hydrogen-bond donors (Lipinski definition) is 0. The molecule has 0 unspecified atom stereocenters. The minimum Gasteiger partial charge on any atom is -0.469 e. The fourth-order valence-corrected chi connectivity index (χ4v) is 20.3. The van der Waals surface area contributed by atoms with Gasteiger partial charge in [0.25, 0.3) is 0 Å². The molecule has 0 aliphatic carbocycles. The molecule has 0 saturated carbocycles. The normalized spacial score (nSPS) is 20.8.